The topological polar surface area (TPSA) is 9.23 Å². The summed E-state index contributed by atoms with van der Waals surface area (Å²) in [5.74, 6) is 0. The van der Waals surface area contributed by atoms with Crippen LogP contribution >= 0.6 is 8.77 Å². The summed E-state index contributed by atoms with van der Waals surface area (Å²) in [4.78, 5) is 0. The average Bonchev–Trinajstić information content (AvgIpc) is 1.87. The van der Waals surface area contributed by atoms with E-state index in [-0.39, 0.29) is 6.61 Å². The minimum Gasteiger partial charge on any atom is -0.306 e. The highest BCUT2D eigenvalue weighted by molar-refractivity contribution is 7.40. The highest BCUT2D eigenvalue weighted by Crippen LogP contribution is 2.39. The van der Waals surface area contributed by atoms with E-state index in [4.69, 9.17) is 0 Å². The van der Waals surface area contributed by atoms with E-state index in [1.54, 1.807) is 0 Å². The van der Waals surface area contributed by atoms with E-state index < -0.39 is 8.77 Å². The first-order chi connectivity index (χ1) is 4.77. The van der Waals surface area contributed by atoms with Crippen molar-refractivity contribution in [1.29, 1.82) is 0 Å². The van der Waals surface area contributed by atoms with Crippen molar-refractivity contribution in [3.05, 3.63) is 0 Å². The summed E-state index contributed by atoms with van der Waals surface area (Å²) in [5.41, 5.74) is 0. The van der Waals surface area contributed by atoms with Gasteiger partial charge in [0.15, 0.2) is 0 Å². The molecule has 62 valence electrons. The van der Waals surface area contributed by atoms with Crippen LogP contribution in [-0.4, -0.2) is 6.61 Å². The first-order valence-corrected chi connectivity index (χ1v) is 4.56. The zero-order valence-corrected chi connectivity index (χ0v) is 7.04. The lowest BCUT2D eigenvalue weighted by Gasteiger charge is -1.98. The summed E-state index contributed by atoms with van der Waals surface area (Å²) in [7, 11) is -3.12. The molecule has 0 aromatic heterocycles. The number of hydrogen-bond donors (Lipinski definition) is 0. The highest BCUT2D eigenvalue weighted by atomic mass is 31.2. The minimum absolute atomic E-state index is 0.221. The van der Waals surface area contributed by atoms with E-state index in [1.807, 2.05) is 0 Å². The van der Waals surface area contributed by atoms with Crippen LogP contribution in [0.25, 0.3) is 0 Å². The lowest BCUT2D eigenvalue weighted by atomic mass is 10.2. The van der Waals surface area contributed by atoms with Crippen molar-refractivity contribution in [3.8, 4) is 0 Å². The molecule has 1 nitrogen and oxygen atoms in total. The SMILES string of the molecule is CCCCCCOP(F)F. The highest BCUT2D eigenvalue weighted by Gasteiger charge is 2.02. The van der Waals surface area contributed by atoms with Gasteiger partial charge in [-0.3, -0.25) is 0 Å². The van der Waals surface area contributed by atoms with Gasteiger partial charge < -0.3 is 4.52 Å². The Morgan fingerprint density at radius 3 is 2.40 bits per heavy atom. The van der Waals surface area contributed by atoms with Gasteiger partial charge in [0.2, 0.25) is 0 Å². The zero-order chi connectivity index (χ0) is 7.82. The Morgan fingerprint density at radius 2 is 1.90 bits per heavy atom. The molecular weight excluding hydrogens is 157 g/mol. The molecule has 0 aliphatic carbocycles. The predicted molar refractivity (Wildman–Crippen MR) is 39.2 cm³/mol. The molecule has 0 saturated carbocycles. The van der Waals surface area contributed by atoms with Crippen molar-refractivity contribution < 1.29 is 12.9 Å². The fourth-order valence-corrected chi connectivity index (χ4v) is 0.930. The molecule has 0 aromatic rings. The molecule has 0 rings (SSSR count). The molecule has 0 aromatic carbocycles. The Labute approximate surface area is 61.8 Å². The maximum atomic E-state index is 11.4. The number of hydrogen-bond acceptors (Lipinski definition) is 1. The van der Waals surface area contributed by atoms with Crippen LogP contribution in [0.3, 0.4) is 0 Å². The van der Waals surface area contributed by atoms with Crippen LogP contribution in [-0.2, 0) is 4.52 Å². The monoisotopic (exact) mass is 170 g/mol. The molecule has 4 heteroatoms. The number of halogens is 2. The molecule has 0 bridgehead atoms. The molecule has 0 N–H and O–H groups in total. The largest absolute Gasteiger partial charge is 0.415 e. The van der Waals surface area contributed by atoms with Gasteiger partial charge in [-0.25, -0.2) is 0 Å². The standard InChI is InChI=1S/C6H13F2OP/c1-2-3-4-5-6-9-10(7)8/h2-6H2,1H3. The van der Waals surface area contributed by atoms with Crippen molar-refractivity contribution in [1.82, 2.24) is 0 Å². The van der Waals surface area contributed by atoms with Crippen LogP contribution in [0.1, 0.15) is 32.6 Å². The van der Waals surface area contributed by atoms with Crippen LogP contribution in [0.5, 0.6) is 0 Å². The maximum Gasteiger partial charge on any atom is 0.415 e. The molecule has 0 unspecified atom stereocenters. The van der Waals surface area contributed by atoms with Crippen LogP contribution in [0.2, 0.25) is 0 Å². The Balaban J connectivity index is 2.77. The van der Waals surface area contributed by atoms with E-state index in [9.17, 15) is 8.39 Å². The fraction of sp³-hybridized carbons (Fsp3) is 1.00. The van der Waals surface area contributed by atoms with Crippen LogP contribution in [0.15, 0.2) is 0 Å². The maximum absolute atomic E-state index is 11.4. The van der Waals surface area contributed by atoms with E-state index in [0.717, 1.165) is 25.7 Å². The molecule has 0 aliphatic heterocycles. The van der Waals surface area contributed by atoms with Crippen molar-refractivity contribution in [2.45, 2.75) is 32.6 Å². The fourth-order valence-electron chi connectivity index (χ4n) is 0.662. The van der Waals surface area contributed by atoms with E-state index >= 15 is 0 Å². The Morgan fingerprint density at radius 1 is 1.20 bits per heavy atom. The average molecular weight is 170 g/mol. The normalized spacial score (nSPS) is 10.8. The molecule has 0 spiro atoms. The van der Waals surface area contributed by atoms with Gasteiger partial charge in [0.25, 0.3) is 0 Å². The van der Waals surface area contributed by atoms with Gasteiger partial charge in [-0.1, -0.05) is 26.2 Å². The summed E-state index contributed by atoms with van der Waals surface area (Å²) in [5, 5.41) is 0. The summed E-state index contributed by atoms with van der Waals surface area (Å²) in [6.07, 6.45) is 4.00. The van der Waals surface area contributed by atoms with E-state index in [2.05, 4.69) is 11.4 Å². The van der Waals surface area contributed by atoms with Crippen molar-refractivity contribution in [2.24, 2.45) is 0 Å². The summed E-state index contributed by atoms with van der Waals surface area (Å²) >= 11 is 0. The third kappa shape index (κ3) is 8.25. The van der Waals surface area contributed by atoms with Gasteiger partial charge >= 0.3 is 8.77 Å². The van der Waals surface area contributed by atoms with E-state index in [1.165, 1.54) is 0 Å². The van der Waals surface area contributed by atoms with Crippen LogP contribution < -0.4 is 0 Å². The van der Waals surface area contributed by atoms with Crippen LogP contribution in [0, 0.1) is 0 Å². The summed E-state index contributed by atoms with van der Waals surface area (Å²) in [6.45, 7) is 2.30. The van der Waals surface area contributed by atoms with E-state index in [0.29, 0.717) is 0 Å². The molecule has 0 atom stereocenters. The molecule has 10 heavy (non-hydrogen) atoms. The lowest BCUT2D eigenvalue weighted by molar-refractivity contribution is 0.297. The van der Waals surface area contributed by atoms with Gasteiger partial charge in [-0.15, -0.1) is 0 Å². The number of unbranched alkanes of at least 4 members (excludes halogenated alkanes) is 3. The Hall–Kier alpha value is 0.250. The molecule has 0 heterocycles. The van der Waals surface area contributed by atoms with Crippen molar-refractivity contribution in [2.75, 3.05) is 6.61 Å². The molecule has 0 amide bonds. The second-order valence-electron chi connectivity index (χ2n) is 2.10. The van der Waals surface area contributed by atoms with Gasteiger partial charge in [0.05, 0.1) is 6.61 Å². The Kier molecular flexibility index (Phi) is 7.54. The van der Waals surface area contributed by atoms with Gasteiger partial charge in [-0.05, 0) is 6.42 Å². The third-order valence-corrected chi connectivity index (χ3v) is 1.56. The molecule has 0 radical (unpaired) electrons. The molecule has 0 fully saturated rings. The second-order valence-corrected chi connectivity index (χ2v) is 2.76. The van der Waals surface area contributed by atoms with Crippen LogP contribution in [0.4, 0.5) is 8.39 Å². The van der Waals surface area contributed by atoms with Crippen molar-refractivity contribution in [3.63, 3.8) is 0 Å². The smallest absolute Gasteiger partial charge is 0.306 e. The summed E-state index contributed by atoms with van der Waals surface area (Å²) in [6, 6.07) is 0. The van der Waals surface area contributed by atoms with Gasteiger partial charge in [0.1, 0.15) is 0 Å². The second kappa shape index (κ2) is 7.36. The third-order valence-electron chi connectivity index (χ3n) is 1.19. The van der Waals surface area contributed by atoms with Gasteiger partial charge in [-0.2, -0.15) is 8.39 Å². The minimum atomic E-state index is -3.12. The van der Waals surface area contributed by atoms with Crippen molar-refractivity contribution >= 4 is 8.77 Å². The summed E-state index contributed by atoms with van der Waals surface area (Å²) < 4.78 is 26.9. The molecular formula is C6H13F2OP. The first-order valence-electron chi connectivity index (χ1n) is 3.52. The molecule has 0 saturated heterocycles. The molecule has 0 aliphatic rings. The quantitative estimate of drug-likeness (QED) is 0.435. The zero-order valence-electron chi connectivity index (χ0n) is 6.15. The number of rotatable bonds is 6. The van der Waals surface area contributed by atoms with Gasteiger partial charge in [0, 0.05) is 0 Å². The first kappa shape index (κ1) is 10.2. The lowest BCUT2D eigenvalue weighted by Crippen LogP contribution is -1.85. The predicted octanol–water partition coefficient (Wildman–Crippen LogP) is 3.75. The Bertz CT molecular complexity index is 70.8.